The molecule has 0 aliphatic rings. The lowest BCUT2D eigenvalue weighted by Crippen LogP contribution is -2.29. The number of hydrogen-bond donors (Lipinski definition) is 2. The minimum absolute atomic E-state index is 0.0100. The topological polar surface area (TPSA) is 72.9 Å². The van der Waals surface area contributed by atoms with Crippen molar-refractivity contribution in [1.29, 1.82) is 0 Å². The molecule has 0 radical (unpaired) electrons. The quantitative estimate of drug-likeness (QED) is 0.835. The molecule has 3 N–H and O–H groups in total. The van der Waals surface area contributed by atoms with Gasteiger partial charge >= 0.3 is 0 Å². The van der Waals surface area contributed by atoms with Gasteiger partial charge in [0.15, 0.2) is 0 Å². The molecule has 5 nitrogen and oxygen atoms in total. The first-order valence-electron chi connectivity index (χ1n) is 5.67. The van der Waals surface area contributed by atoms with Crippen LogP contribution in [0.15, 0.2) is 11.0 Å². The average Bonchev–Trinajstić information content (AvgIpc) is 2.23. The standard InChI is InChI=1S/C11H19ClN4O/c1-7(2)6-16-11(17)10(12)9(5-15-16)14-4-8(3)13/h5,7-8,14H,4,6,13H2,1-3H3. The molecule has 1 aromatic rings. The van der Waals surface area contributed by atoms with Crippen molar-refractivity contribution in [1.82, 2.24) is 9.78 Å². The maximum atomic E-state index is 11.9. The van der Waals surface area contributed by atoms with Gasteiger partial charge in [0.25, 0.3) is 5.56 Å². The first kappa shape index (κ1) is 14.0. The van der Waals surface area contributed by atoms with Gasteiger partial charge in [0.1, 0.15) is 5.02 Å². The van der Waals surface area contributed by atoms with Crippen LogP contribution in [-0.2, 0) is 6.54 Å². The fourth-order valence-electron chi connectivity index (χ4n) is 1.34. The number of nitrogens with two attached hydrogens (primary N) is 1. The van der Waals surface area contributed by atoms with E-state index in [-0.39, 0.29) is 16.6 Å². The Morgan fingerprint density at radius 1 is 1.53 bits per heavy atom. The van der Waals surface area contributed by atoms with Crippen LogP contribution in [0.3, 0.4) is 0 Å². The molecule has 6 heteroatoms. The summed E-state index contributed by atoms with van der Waals surface area (Å²) < 4.78 is 1.38. The lowest BCUT2D eigenvalue weighted by molar-refractivity contribution is 0.464. The van der Waals surface area contributed by atoms with Gasteiger partial charge < -0.3 is 11.1 Å². The Balaban J connectivity index is 2.90. The van der Waals surface area contributed by atoms with Gasteiger partial charge in [0.2, 0.25) is 0 Å². The SMILES string of the molecule is CC(C)Cn1ncc(NCC(C)N)c(Cl)c1=O. The van der Waals surface area contributed by atoms with Crippen LogP contribution in [0.1, 0.15) is 20.8 Å². The van der Waals surface area contributed by atoms with Crippen LogP contribution in [0.4, 0.5) is 5.69 Å². The number of rotatable bonds is 5. The number of anilines is 1. The fraction of sp³-hybridized carbons (Fsp3) is 0.636. The monoisotopic (exact) mass is 258 g/mol. The second kappa shape index (κ2) is 6.02. The van der Waals surface area contributed by atoms with Crippen molar-refractivity contribution < 1.29 is 0 Å². The first-order valence-corrected chi connectivity index (χ1v) is 6.04. The summed E-state index contributed by atoms with van der Waals surface area (Å²) in [5.74, 6) is 0.346. The maximum Gasteiger partial charge on any atom is 0.287 e. The van der Waals surface area contributed by atoms with Gasteiger partial charge in [-0.15, -0.1) is 0 Å². The van der Waals surface area contributed by atoms with Crippen molar-refractivity contribution in [2.45, 2.75) is 33.4 Å². The summed E-state index contributed by atoms with van der Waals surface area (Å²) in [7, 11) is 0. The Hall–Kier alpha value is -1.07. The molecule has 0 aliphatic carbocycles. The smallest absolute Gasteiger partial charge is 0.287 e. The zero-order valence-electron chi connectivity index (χ0n) is 10.4. The Kier molecular flexibility index (Phi) is 4.96. The molecular weight excluding hydrogens is 240 g/mol. The van der Waals surface area contributed by atoms with Gasteiger partial charge in [-0.3, -0.25) is 4.79 Å². The Morgan fingerprint density at radius 2 is 2.18 bits per heavy atom. The van der Waals surface area contributed by atoms with Gasteiger partial charge in [-0.2, -0.15) is 5.10 Å². The van der Waals surface area contributed by atoms with E-state index in [4.69, 9.17) is 17.3 Å². The Morgan fingerprint density at radius 3 is 2.71 bits per heavy atom. The van der Waals surface area contributed by atoms with Crippen molar-refractivity contribution in [3.05, 3.63) is 21.6 Å². The van der Waals surface area contributed by atoms with E-state index in [0.29, 0.717) is 24.7 Å². The van der Waals surface area contributed by atoms with Crippen LogP contribution in [-0.4, -0.2) is 22.4 Å². The average molecular weight is 259 g/mol. The molecule has 1 atom stereocenters. The normalized spacial score (nSPS) is 12.8. The molecule has 17 heavy (non-hydrogen) atoms. The summed E-state index contributed by atoms with van der Waals surface area (Å²) in [5, 5.41) is 7.24. The lowest BCUT2D eigenvalue weighted by atomic mass is 10.2. The van der Waals surface area contributed by atoms with Crippen LogP contribution in [0, 0.1) is 5.92 Å². The minimum Gasteiger partial charge on any atom is -0.381 e. The molecule has 0 saturated carbocycles. The molecule has 0 bridgehead atoms. The molecule has 0 aliphatic heterocycles. The number of aromatic nitrogens is 2. The van der Waals surface area contributed by atoms with E-state index in [0.717, 1.165) is 0 Å². The molecular formula is C11H19ClN4O. The second-order valence-electron chi connectivity index (χ2n) is 4.61. The number of nitrogens with zero attached hydrogens (tertiary/aromatic N) is 2. The third kappa shape index (κ3) is 4.02. The maximum absolute atomic E-state index is 11.9. The summed E-state index contributed by atoms with van der Waals surface area (Å²) in [4.78, 5) is 11.9. The van der Waals surface area contributed by atoms with Gasteiger partial charge in [0, 0.05) is 19.1 Å². The largest absolute Gasteiger partial charge is 0.381 e. The molecule has 0 spiro atoms. The van der Waals surface area contributed by atoms with Crippen LogP contribution in [0.2, 0.25) is 5.02 Å². The Labute approximate surface area is 106 Å². The van der Waals surface area contributed by atoms with E-state index >= 15 is 0 Å². The highest BCUT2D eigenvalue weighted by atomic mass is 35.5. The molecule has 0 fully saturated rings. The molecule has 1 heterocycles. The van der Waals surface area contributed by atoms with Crippen molar-refractivity contribution in [2.75, 3.05) is 11.9 Å². The number of hydrogen-bond acceptors (Lipinski definition) is 4. The van der Waals surface area contributed by atoms with Crippen LogP contribution in [0.25, 0.3) is 0 Å². The summed E-state index contributed by atoms with van der Waals surface area (Å²) in [6.45, 7) is 7.02. The fourth-order valence-corrected chi connectivity index (χ4v) is 1.55. The molecule has 0 aromatic carbocycles. The van der Waals surface area contributed by atoms with Crippen molar-refractivity contribution in [2.24, 2.45) is 11.7 Å². The van der Waals surface area contributed by atoms with E-state index < -0.39 is 0 Å². The van der Waals surface area contributed by atoms with Gasteiger partial charge in [-0.1, -0.05) is 25.4 Å². The molecule has 1 unspecified atom stereocenters. The van der Waals surface area contributed by atoms with E-state index in [1.165, 1.54) is 4.68 Å². The van der Waals surface area contributed by atoms with E-state index in [1.807, 2.05) is 20.8 Å². The second-order valence-corrected chi connectivity index (χ2v) is 4.99. The Bertz CT molecular complexity index is 428. The van der Waals surface area contributed by atoms with Crippen LogP contribution < -0.4 is 16.6 Å². The summed E-state index contributed by atoms with van der Waals surface area (Å²) in [6, 6.07) is -0.0100. The lowest BCUT2D eigenvalue weighted by Gasteiger charge is -2.12. The van der Waals surface area contributed by atoms with Crippen LogP contribution in [0.5, 0.6) is 0 Å². The van der Waals surface area contributed by atoms with Gasteiger partial charge in [-0.05, 0) is 12.8 Å². The van der Waals surface area contributed by atoms with Crippen LogP contribution >= 0.6 is 11.6 Å². The molecule has 1 rings (SSSR count). The van der Waals surface area contributed by atoms with Crippen molar-refractivity contribution in [3.63, 3.8) is 0 Å². The summed E-state index contributed by atoms with van der Waals surface area (Å²) >= 11 is 5.99. The third-order valence-electron chi connectivity index (χ3n) is 2.14. The van der Waals surface area contributed by atoms with Gasteiger partial charge in [-0.25, -0.2) is 4.68 Å². The van der Waals surface area contributed by atoms with E-state index in [9.17, 15) is 4.79 Å². The highest BCUT2D eigenvalue weighted by molar-refractivity contribution is 6.32. The van der Waals surface area contributed by atoms with E-state index in [1.54, 1.807) is 6.20 Å². The van der Waals surface area contributed by atoms with Crippen molar-refractivity contribution in [3.8, 4) is 0 Å². The molecule has 1 aromatic heterocycles. The summed E-state index contributed by atoms with van der Waals surface area (Å²) in [5.41, 5.74) is 5.88. The zero-order valence-corrected chi connectivity index (χ0v) is 11.2. The highest BCUT2D eigenvalue weighted by Crippen LogP contribution is 2.15. The number of nitrogens with one attached hydrogen (secondary N) is 1. The predicted octanol–water partition coefficient (Wildman–Crippen LogP) is 1.31. The minimum atomic E-state index is -0.268. The number of halogens is 1. The molecule has 0 saturated heterocycles. The van der Waals surface area contributed by atoms with Crippen molar-refractivity contribution >= 4 is 17.3 Å². The van der Waals surface area contributed by atoms with E-state index in [2.05, 4.69) is 10.4 Å². The predicted molar refractivity (Wildman–Crippen MR) is 70.5 cm³/mol. The third-order valence-corrected chi connectivity index (χ3v) is 2.50. The highest BCUT2D eigenvalue weighted by Gasteiger charge is 2.10. The molecule has 96 valence electrons. The van der Waals surface area contributed by atoms with Gasteiger partial charge in [0.05, 0.1) is 11.9 Å². The zero-order chi connectivity index (χ0) is 13.0. The first-order chi connectivity index (χ1) is 7.91. The summed E-state index contributed by atoms with van der Waals surface area (Å²) in [6.07, 6.45) is 1.56. The molecule has 0 amide bonds.